The van der Waals surface area contributed by atoms with Crippen molar-refractivity contribution in [3.63, 3.8) is 0 Å². The van der Waals surface area contributed by atoms with Gasteiger partial charge in [0.2, 0.25) is 0 Å². The second-order valence-corrected chi connectivity index (χ2v) is 6.38. The van der Waals surface area contributed by atoms with Crippen LogP contribution in [-0.4, -0.2) is 23.7 Å². The van der Waals surface area contributed by atoms with Crippen molar-refractivity contribution in [3.05, 3.63) is 25.3 Å². The summed E-state index contributed by atoms with van der Waals surface area (Å²) in [6.45, 7) is 7.76. The van der Waals surface area contributed by atoms with Gasteiger partial charge in [0, 0.05) is 12.8 Å². The lowest BCUT2D eigenvalue weighted by molar-refractivity contribution is -0.277. The van der Waals surface area contributed by atoms with E-state index < -0.39 is 5.97 Å². The van der Waals surface area contributed by atoms with Gasteiger partial charge in [0.15, 0.2) is 0 Å². The smallest absolute Gasteiger partial charge is 0.342 e. The maximum Gasteiger partial charge on any atom is 0.342 e. The molecule has 0 heterocycles. The molecule has 0 bridgehead atoms. The first-order valence-electron chi connectivity index (χ1n) is 9.36. The minimum Gasteiger partial charge on any atom is -0.481 e. The van der Waals surface area contributed by atoms with E-state index in [9.17, 15) is 9.59 Å². The van der Waals surface area contributed by atoms with Gasteiger partial charge in [-0.1, -0.05) is 50.7 Å². The largest absolute Gasteiger partial charge is 0.481 e. The SMILES string of the molecule is C=CCC(CC=C)COOC(=O)CCCCCCCCCCC(=O)O. The van der Waals surface area contributed by atoms with Crippen LogP contribution < -0.4 is 0 Å². The summed E-state index contributed by atoms with van der Waals surface area (Å²) in [6.07, 6.45) is 13.9. The summed E-state index contributed by atoms with van der Waals surface area (Å²) >= 11 is 0. The van der Waals surface area contributed by atoms with Crippen LogP contribution in [0.1, 0.15) is 77.0 Å². The fourth-order valence-electron chi connectivity index (χ4n) is 2.55. The van der Waals surface area contributed by atoms with Gasteiger partial charge in [0.25, 0.3) is 0 Å². The number of carboxylic acids is 1. The van der Waals surface area contributed by atoms with Crippen molar-refractivity contribution >= 4 is 11.9 Å². The molecule has 0 spiro atoms. The summed E-state index contributed by atoms with van der Waals surface area (Å²) in [6, 6.07) is 0. The Hall–Kier alpha value is -1.62. The van der Waals surface area contributed by atoms with Gasteiger partial charge in [0.05, 0.1) is 6.61 Å². The first-order chi connectivity index (χ1) is 12.1. The molecule has 0 radical (unpaired) electrons. The summed E-state index contributed by atoms with van der Waals surface area (Å²) < 4.78 is 0. The summed E-state index contributed by atoms with van der Waals surface area (Å²) in [4.78, 5) is 31.8. The standard InChI is InChI=1S/C20H34O5/c1-3-13-18(14-4-2)17-24-25-20(23)16-12-10-8-6-5-7-9-11-15-19(21)22/h3-4,18H,1-2,5-17H2,(H,21,22). The van der Waals surface area contributed by atoms with Crippen LogP contribution in [0.3, 0.4) is 0 Å². The van der Waals surface area contributed by atoms with E-state index in [0.29, 0.717) is 13.0 Å². The quantitative estimate of drug-likeness (QED) is 0.158. The van der Waals surface area contributed by atoms with Crippen molar-refractivity contribution in [2.75, 3.05) is 6.61 Å². The Morgan fingerprint density at radius 3 is 1.80 bits per heavy atom. The molecule has 0 amide bonds. The Bertz CT molecular complexity index is 368. The van der Waals surface area contributed by atoms with Crippen molar-refractivity contribution in [3.8, 4) is 0 Å². The van der Waals surface area contributed by atoms with Crippen LogP contribution in [0.2, 0.25) is 0 Å². The Morgan fingerprint density at radius 1 is 0.840 bits per heavy atom. The van der Waals surface area contributed by atoms with Gasteiger partial charge in [0.1, 0.15) is 0 Å². The molecule has 1 N–H and O–H groups in total. The highest BCUT2D eigenvalue weighted by molar-refractivity contribution is 5.68. The van der Waals surface area contributed by atoms with Crippen LogP contribution in [-0.2, 0) is 19.4 Å². The fourth-order valence-corrected chi connectivity index (χ4v) is 2.55. The molecule has 25 heavy (non-hydrogen) atoms. The normalized spacial score (nSPS) is 10.6. The number of hydrogen-bond acceptors (Lipinski definition) is 4. The van der Waals surface area contributed by atoms with Crippen LogP contribution in [0, 0.1) is 5.92 Å². The lowest BCUT2D eigenvalue weighted by Gasteiger charge is -2.11. The number of carbonyl (C=O) groups is 2. The number of carboxylic acid groups (broad SMARTS) is 1. The first-order valence-corrected chi connectivity index (χ1v) is 9.36. The second-order valence-electron chi connectivity index (χ2n) is 6.38. The third-order valence-corrected chi connectivity index (χ3v) is 3.98. The van der Waals surface area contributed by atoms with Gasteiger partial charge in [-0.2, -0.15) is 4.89 Å². The summed E-state index contributed by atoms with van der Waals surface area (Å²) in [7, 11) is 0. The fraction of sp³-hybridized carbons (Fsp3) is 0.700. The van der Waals surface area contributed by atoms with Gasteiger partial charge in [-0.15, -0.1) is 13.2 Å². The lowest BCUT2D eigenvalue weighted by Crippen LogP contribution is -2.12. The molecular weight excluding hydrogens is 320 g/mol. The topological polar surface area (TPSA) is 72.8 Å². The van der Waals surface area contributed by atoms with Gasteiger partial charge in [-0.05, 0) is 31.6 Å². The molecule has 0 fully saturated rings. The van der Waals surface area contributed by atoms with Crippen LogP contribution >= 0.6 is 0 Å². The van der Waals surface area contributed by atoms with E-state index in [0.717, 1.165) is 64.2 Å². The highest BCUT2D eigenvalue weighted by Gasteiger charge is 2.09. The van der Waals surface area contributed by atoms with Crippen LogP contribution in [0.5, 0.6) is 0 Å². The predicted molar refractivity (Wildman–Crippen MR) is 99.0 cm³/mol. The number of carbonyl (C=O) groups excluding carboxylic acids is 1. The number of rotatable bonds is 18. The molecule has 0 aromatic rings. The predicted octanol–water partition coefficient (Wildman–Crippen LogP) is 5.22. The Kier molecular flexibility index (Phi) is 16.1. The maximum absolute atomic E-state index is 11.6. The van der Waals surface area contributed by atoms with Crippen molar-refractivity contribution < 1.29 is 24.5 Å². The lowest BCUT2D eigenvalue weighted by atomic mass is 10.0. The number of aliphatic carboxylic acids is 1. The Labute approximate surface area is 152 Å². The van der Waals surface area contributed by atoms with Crippen LogP contribution in [0.15, 0.2) is 25.3 Å². The molecule has 5 nitrogen and oxygen atoms in total. The van der Waals surface area contributed by atoms with E-state index in [2.05, 4.69) is 13.2 Å². The Morgan fingerprint density at radius 2 is 1.32 bits per heavy atom. The molecule has 0 saturated carbocycles. The monoisotopic (exact) mass is 354 g/mol. The molecule has 5 heteroatoms. The first kappa shape index (κ1) is 23.4. The van der Waals surface area contributed by atoms with Gasteiger partial charge >= 0.3 is 11.9 Å². The second kappa shape index (κ2) is 17.2. The van der Waals surface area contributed by atoms with Crippen molar-refractivity contribution in [2.45, 2.75) is 77.0 Å². The van der Waals surface area contributed by atoms with E-state index in [-0.39, 0.29) is 18.3 Å². The Balaban J connectivity index is 3.41. The van der Waals surface area contributed by atoms with E-state index in [1.807, 2.05) is 12.2 Å². The summed E-state index contributed by atoms with van der Waals surface area (Å²) in [5.41, 5.74) is 0. The van der Waals surface area contributed by atoms with E-state index in [1.165, 1.54) is 0 Å². The van der Waals surface area contributed by atoms with Gasteiger partial charge < -0.3 is 5.11 Å². The molecule has 0 aliphatic carbocycles. The molecule has 0 aromatic heterocycles. The third kappa shape index (κ3) is 17.0. The third-order valence-electron chi connectivity index (χ3n) is 3.98. The zero-order valence-corrected chi connectivity index (χ0v) is 15.4. The van der Waals surface area contributed by atoms with Gasteiger partial charge in [-0.3, -0.25) is 9.68 Å². The van der Waals surface area contributed by atoms with E-state index in [1.54, 1.807) is 0 Å². The molecule has 0 unspecified atom stereocenters. The van der Waals surface area contributed by atoms with Crippen molar-refractivity contribution in [2.24, 2.45) is 5.92 Å². The highest BCUT2D eigenvalue weighted by Crippen LogP contribution is 2.12. The number of hydrogen-bond donors (Lipinski definition) is 1. The molecule has 0 rings (SSSR count). The molecule has 0 aliphatic rings. The van der Waals surface area contributed by atoms with Crippen molar-refractivity contribution in [1.82, 2.24) is 0 Å². The molecule has 144 valence electrons. The average molecular weight is 354 g/mol. The summed E-state index contributed by atoms with van der Waals surface area (Å²) in [5, 5.41) is 8.53. The number of unbranched alkanes of at least 4 members (excludes halogenated alkanes) is 7. The van der Waals surface area contributed by atoms with E-state index in [4.69, 9.17) is 14.9 Å². The van der Waals surface area contributed by atoms with Crippen LogP contribution in [0.4, 0.5) is 0 Å². The van der Waals surface area contributed by atoms with Gasteiger partial charge in [-0.25, -0.2) is 4.79 Å². The zero-order valence-electron chi connectivity index (χ0n) is 15.4. The average Bonchev–Trinajstić information content (AvgIpc) is 2.56. The molecule has 0 saturated heterocycles. The van der Waals surface area contributed by atoms with Crippen molar-refractivity contribution in [1.29, 1.82) is 0 Å². The number of allylic oxidation sites excluding steroid dienone is 2. The van der Waals surface area contributed by atoms with Crippen LogP contribution in [0.25, 0.3) is 0 Å². The minimum atomic E-state index is -0.715. The molecule has 0 aromatic carbocycles. The maximum atomic E-state index is 11.6. The minimum absolute atomic E-state index is 0.248. The zero-order chi connectivity index (χ0) is 18.8. The molecule has 0 aliphatic heterocycles. The van der Waals surface area contributed by atoms with E-state index >= 15 is 0 Å². The summed E-state index contributed by atoms with van der Waals surface area (Å²) in [5.74, 6) is -0.782. The highest BCUT2D eigenvalue weighted by atomic mass is 17.2. The molecule has 0 atom stereocenters. The molecular formula is C20H34O5.